The van der Waals surface area contributed by atoms with E-state index >= 15 is 0 Å². The molecule has 2 aromatic rings. The predicted molar refractivity (Wildman–Crippen MR) is 123 cm³/mol. The number of carbonyl (C=O) groups excluding carboxylic acids is 2. The highest BCUT2D eigenvalue weighted by molar-refractivity contribution is 7.13. The molecule has 1 aliphatic heterocycles. The number of carbonyl (C=O) groups is 2. The minimum Gasteiger partial charge on any atom is -0.391 e. The predicted octanol–water partition coefficient (Wildman–Crippen LogP) is 2.50. The molecule has 8 heteroatoms. The van der Waals surface area contributed by atoms with Crippen LogP contribution in [0.2, 0.25) is 0 Å². The molecular formula is C23H32N4O3S. The second kappa shape index (κ2) is 9.89. The maximum absolute atomic E-state index is 13.0. The van der Waals surface area contributed by atoms with Gasteiger partial charge in [-0.3, -0.25) is 9.59 Å². The topological polar surface area (TPSA) is 94.6 Å². The number of benzene rings is 1. The zero-order valence-corrected chi connectivity index (χ0v) is 19.6. The minimum atomic E-state index is -0.693. The van der Waals surface area contributed by atoms with E-state index in [-0.39, 0.29) is 42.8 Å². The molecule has 0 aliphatic carbocycles. The van der Waals surface area contributed by atoms with Crippen LogP contribution < -0.4 is 10.6 Å². The molecule has 0 saturated carbocycles. The van der Waals surface area contributed by atoms with E-state index in [0.717, 1.165) is 21.7 Å². The van der Waals surface area contributed by atoms with Crippen LogP contribution in [0.3, 0.4) is 0 Å². The molecule has 0 radical (unpaired) electrons. The standard InChI is InChI=1S/C23H32N4O3S/c1-13(2)20(24-5)23(30)27-11-18(28)10-19(27)22(29)26-14(3)16-6-8-17(9-7-16)21-15(4)25-12-31-21/h6-9,12-14,18-20,24,28H,10-11H2,1-5H3,(H,26,29)/t14-,18-,19+,20-/m1/s1. The summed E-state index contributed by atoms with van der Waals surface area (Å²) in [6, 6.07) is 6.80. The van der Waals surface area contributed by atoms with Gasteiger partial charge in [0.1, 0.15) is 6.04 Å². The molecule has 1 saturated heterocycles. The lowest BCUT2D eigenvalue weighted by Gasteiger charge is -2.30. The lowest BCUT2D eigenvalue weighted by atomic mass is 10.0. The molecule has 1 aliphatic rings. The molecule has 0 bridgehead atoms. The molecule has 0 spiro atoms. The summed E-state index contributed by atoms with van der Waals surface area (Å²) in [4.78, 5) is 33.0. The van der Waals surface area contributed by atoms with Crippen LogP contribution in [0.15, 0.2) is 29.8 Å². The number of thiazole rings is 1. The van der Waals surface area contributed by atoms with Crippen molar-refractivity contribution in [2.75, 3.05) is 13.6 Å². The number of aliphatic hydroxyl groups excluding tert-OH is 1. The van der Waals surface area contributed by atoms with Gasteiger partial charge in [0.05, 0.1) is 34.3 Å². The molecule has 0 unspecified atom stereocenters. The number of nitrogens with one attached hydrogen (secondary N) is 2. The second-order valence-electron chi connectivity index (χ2n) is 8.53. The Bertz CT molecular complexity index is 912. The monoisotopic (exact) mass is 444 g/mol. The molecular weight excluding hydrogens is 412 g/mol. The fraction of sp³-hybridized carbons (Fsp3) is 0.522. The van der Waals surface area contributed by atoms with Gasteiger partial charge in [0.25, 0.3) is 0 Å². The Morgan fingerprint density at radius 3 is 2.45 bits per heavy atom. The van der Waals surface area contributed by atoms with E-state index in [1.54, 1.807) is 18.4 Å². The van der Waals surface area contributed by atoms with E-state index < -0.39 is 12.1 Å². The Kier molecular flexibility index (Phi) is 7.46. The van der Waals surface area contributed by atoms with E-state index in [1.807, 2.05) is 57.5 Å². The van der Waals surface area contributed by atoms with Crippen LogP contribution in [0.1, 0.15) is 44.5 Å². The molecule has 168 valence electrons. The normalized spacial score (nSPS) is 20.7. The number of nitrogens with zero attached hydrogens (tertiary/aromatic N) is 2. The van der Waals surface area contributed by atoms with Gasteiger partial charge in [0.2, 0.25) is 11.8 Å². The molecule has 1 aromatic carbocycles. The molecule has 2 amide bonds. The lowest BCUT2D eigenvalue weighted by molar-refractivity contribution is -0.141. The number of aromatic nitrogens is 1. The number of likely N-dealkylation sites (N-methyl/N-ethyl adjacent to an activating group) is 1. The van der Waals surface area contributed by atoms with E-state index in [1.165, 1.54) is 4.90 Å². The average molecular weight is 445 g/mol. The summed E-state index contributed by atoms with van der Waals surface area (Å²) in [6.45, 7) is 8.01. The number of hydrogen-bond acceptors (Lipinski definition) is 6. The maximum atomic E-state index is 13.0. The number of likely N-dealkylation sites (tertiary alicyclic amines) is 1. The van der Waals surface area contributed by atoms with Crippen molar-refractivity contribution < 1.29 is 14.7 Å². The smallest absolute Gasteiger partial charge is 0.243 e. The SMILES string of the molecule is CN[C@@H](C(=O)N1C[C@H](O)C[C@H]1C(=O)N[C@H](C)c1ccc(-c2scnc2C)cc1)C(C)C. The van der Waals surface area contributed by atoms with Crippen molar-refractivity contribution >= 4 is 23.2 Å². The average Bonchev–Trinajstić information content (AvgIpc) is 3.33. The first-order chi connectivity index (χ1) is 14.7. The highest BCUT2D eigenvalue weighted by Gasteiger charge is 2.41. The Labute approximate surface area is 187 Å². The number of amides is 2. The minimum absolute atomic E-state index is 0.0820. The van der Waals surface area contributed by atoms with Crippen LogP contribution in [-0.4, -0.2) is 58.6 Å². The number of aryl methyl sites for hydroxylation is 1. The third-order valence-corrected chi connectivity index (χ3v) is 6.86. The van der Waals surface area contributed by atoms with Crippen molar-refractivity contribution in [3.8, 4) is 10.4 Å². The van der Waals surface area contributed by atoms with Crippen molar-refractivity contribution in [3.63, 3.8) is 0 Å². The van der Waals surface area contributed by atoms with Gasteiger partial charge in [0, 0.05) is 13.0 Å². The van der Waals surface area contributed by atoms with Crippen LogP contribution in [0.5, 0.6) is 0 Å². The summed E-state index contributed by atoms with van der Waals surface area (Å²) in [6.07, 6.45) is -0.441. The second-order valence-corrected chi connectivity index (χ2v) is 9.38. The molecule has 1 fully saturated rings. The summed E-state index contributed by atoms with van der Waals surface area (Å²) < 4.78 is 0. The van der Waals surface area contributed by atoms with E-state index in [0.29, 0.717) is 0 Å². The van der Waals surface area contributed by atoms with Crippen LogP contribution >= 0.6 is 11.3 Å². The van der Waals surface area contributed by atoms with Gasteiger partial charge < -0.3 is 20.6 Å². The third-order valence-electron chi connectivity index (χ3n) is 5.89. The summed E-state index contributed by atoms with van der Waals surface area (Å²) in [5.74, 6) is -0.303. The van der Waals surface area contributed by atoms with Crippen molar-refractivity contribution in [1.29, 1.82) is 0 Å². The van der Waals surface area contributed by atoms with Gasteiger partial charge in [0.15, 0.2) is 0 Å². The third kappa shape index (κ3) is 5.14. The number of aliphatic hydroxyl groups is 1. The number of hydrogen-bond donors (Lipinski definition) is 3. The van der Waals surface area contributed by atoms with Gasteiger partial charge in [-0.1, -0.05) is 38.1 Å². The van der Waals surface area contributed by atoms with Crippen molar-refractivity contribution in [1.82, 2.24) is 20.5 Å². The molecule has 3 rings (SSSR count). The number of β-amino-alcohol motifs (C(OH)–C–C–N with tert-alkyl or cyclic N) is 1. The molecule has 7 nitrogen and oxygen atoms in total. The largest absolute Gasteiger partial charge is 0.391 e. The van der Waals surface area contributed by atoms with Gasteiger partial charge in [-0.05, 0) is 37.9 Å². The van der Waals surface area contributed by atoms with Gasteiger partial charge >= 0.3 is 0 Å². The Hall–Kier alpha value is -2.29. The van der Waals surface area contributed by atoms with Crippen molar-refractivity contribution in [2.24, 2.45) is 5.92 Å². The summed E-state index contributed by atoms with van der Waals surface area (Å²) in [7, 11) is 1.74. The highest BCUT2D eigenvalue weighted by Crippen LogP contribution is 2.28. The molecule has 3 N–H and O–H groups in total. The Morgan fingerprint density at radius 2 is 1.90 bits per heavy atom. The lowest BCUT2D eigenvalue weighted by Crippen LogP contribution is -2.53. The molecule has 1 aromatic heterocycles. The van der Waals surface area contributed by atoms with Crippen LogP contribution in [0, 0.1) is 12.8 Å². The Morgan fingerprint density at radius 1 is 1.23 bits per heavy atom. The van der Waals surface area contributed by atoms with Crippen molar-refractivity contribution in [3.05, 3.63) is 41.0 Å². The zero-order chi connectivity index (χ0) is 22.7. The highest BCUT2D eigenvalue weighted by atomic mass is 32.1. The van der Waals surface area contributed by atoms with Gasteiger partial charge in [-0.2, -0.15) is 0 Å². The molecule has 2 heterocycles. The summed E-state index contributed by atoms with van der Waals surface area (Å²) >= 11 is 1.61. The maximum Gasteiger partial charge on any atom is 0.243 e. The van der Waals surface area contributed by atoms with Crippen molar-refractivity contribution in [2.45, 2.75) is 58.3 Å². The first kappa shape index (κ1) is 23.4. The van der Waals surface area contributed by atoms with E-state index in [2.05, 4.69) is 15.6 Å². The van der Waals surface area contributed by atoms with Gasteiger partial charge in [-0.15, -0.1) is 11.3 Å². The number of rotatable bonds is 7. The first-order valence-corrected chi connectivity index (χ1v) is 11.6. The van der Waals surface area contributed by atoms with Crippen LogP contribution in [0.25, 0.3) is 10.4 Å². The van der Waals surface area contributed by atoms with E-state index in [4.69, 9.17) is 0 Å². The molecule has 4 atom stereocenters. The van der Waals surface area contributed by atoms with Gasteiger partial charge in [-0.25, -0.2) is 4.98 Å². The quantitative estimate of drug-likeness (QED) is 0.610. The van der Waals surface area contributed by atoms with Crippen LogP contribution in [-0.2, 0) is 9.59 Å². The van der Waals surface area contributed by atoms with E-state index in [9.17, 15) is 14.7 Å². The molecule has 31 heavy (non-hydrogen) atoms. The fourth-order valence-electron chi connectivity index (χ4n) is 4.12. The summed E-state index contributed by atoms with van der Waals surface area (Å²) in [5, 5.41) is 16.2. The van der Waals surface area contributed by atoms with Crippen LogP contribution in [0.4, 0.5) is 0 Å². The summed E-state index contributed by atoms with van der Waals surface area (Å²) in [5.41, 5.74) is 4.92. The fourth-order valence-corrected chi connectivity index (χ4v) is 4.93. The Balaban J connectivity index is 1.69. The zero-order valence-electron chi connectivity index (χ0n) is 18.8. The first-order valence-electron chi connectivity index (χ1n) is 10.7.